The van der Waals surface area contributed by atoms with Crippen molar-refractivity contribution in [3.05, 3.63) is 47.7 Å². The summed E-state index contributed by atoms with van der Waals surface area (Å²) in [5, 5.41) is 0.712. The number of amides is 1. The molecular formula is C23H26FN5O2. The van der Waals surface area contributed by atoms with Crippen LogP contribution in [0, 0.1) is 12.7 Å². The van der Waals surface area contributed by atoms with Crippen LogP contribution in [-0.2, 0) is 0 Å². The average Bonchev–Trinajstić information content (AvgIpc) is 3.15. The number of hydrogen-bond donors (Lipinski definition) is 0. The van der Waals surface area contributed by atoms with E-state index in [0.29, 0.717) is 54.3 Å². The molecule has 2 saturated heterocycles. The lowest BCUT2D eigenvalue weighted by molar-refractivity contribution is 0.0746. The van der Waals surface area contributed by atoms with Crippen molar-refractivity contribution < 1.29 is 13.6 Å². The fraction of sp³-hybridized carbons (Fsp3) is 0.435. The molecule has 0 spiro atoms. The van der Waals surface area contributed by atoms with Crippen molar-refractivity contribution in [3.8, 4) is 0 Å². The van der Waals surface area contributed by atoms with Gasteiger partial charge in [0.25, 0.3) is 5.91 Å². The Balaban J connectivity index is 1.41. The summed E-state index contributed by atoms with van der Waals surface area (Å²) in [6, 6.07) is 6.77. The first kappa shape index (κ1) is 19.8. The summed E-state index contributed by atoms with van der Waals surface area (Å²) >= 11 is 0. The minimum atomic E-state index is -0.234. The maximum Gasteiger partial charge on any atom is 0.258 e. The number of piperazine rings is 1. The van der Waals surface area contributed by atoms with Crippen LogP contribution in [-0.4, -0.2) is 60.0 Å². The van der Waals surface area contributed by atoms with Crippen LogP contribution in [0.4, 0.5) is 15.9 Å². The third-order valence-corrected chi connectivity index (χ3v) is 6.27. The van der Waals surface area contributed by atoms with Gasteiger partial charge in [-0.25, -0.2) is 14.4 Å². The van der Waals surface area contributed by atoms with Gasteiger partial charge in [0, 0.05) is 39.3 Å². The molecule has 8 heteroatoms. The maximum absolute atomic E-state index is 14.1. The molecule has 31 heavy (non-hydrogen) atoms. The van der Waals surface area contributed by atoms with Gasteiger partial charge in [0.05, 0.1) is 16.6 Å². The molecule has 7 nitrogen and oxygen atoms in total. The number of benzene rings is 1. The first-order valence-corrected chi connectivity index (χ1v) is 10.9. The standard InChI is InChI=1S/C23H26FN5O2/c1-16-19(20-21(25-15-26-22(20)31-16)28-9-5-2-6-10-28)23(30)29-13-11-27(12-14-29)18-8-4-3-7-17(18)24/h3-4,7-8,15H,2,5-6,9-14H2,1H3. The van der Waals surface area contributed by atoms with E-state index in [9.17, 15) is 9.18 Å². The predicted octanol–water partition coefficient (Wildman–Crippen LogP) is 3.62. The number of halogens is 1. The zero-order valence-electron chi connectivity index (χ0n) is 17.7. The van der Waals surface area contributed by atoms with Gasteiger partial charge >= 0.3 is 0 Å². The van der Waals surface area contributed by atoms with E-state index in [4.69, 9.17) is 4.42 Å². The topological polar surface area (TPSA) is 65.7 Å². The number of nitrogens with zero attached hydrogens (tertiary/aromatic N) is 5. The van der Waals surface area contributed by atoms with E-state index in [-0.39, 0.29) is 11.7 Å². The second-order valence-electron chi connectivity index (χ2n) is 8.19. The highest BCUT2D eigenvalue weighted by atomic mass is 19.1. The molecule has 0 unspecified atom stereocenters. The fourth-order valence-corrected chi connectivity index (χ4v) is 4.65. The Bertz CT molecular complexity index is 1100. The number of aromatic nitrogens is 2. The third-order valence-electron chi connectivity index (χ3n) is 6.27. The van der Waals surface area contributed by atoms with Gasteiger partial charge in [0.1, 0.15) is 23.7 Å². The Morgan fingerprint density at radius 3 is 2.45 bits per heavy atom. The lowest BCUT2D eigenvalue weighted by Crippen LogP contribution is -2.49. The van der Waals surface area contributed by atoms with E-state index in [1.807, 2.05) is 22.8 Å². The molecule has 1 aromatic carbocycles. The summed E-state index contributed by atoms with van der Waals surface area (Å²) in [5.41, 5.74) is 1.59. The molecule has 0 N–H and O–H groups in total. The van der Waals surface area contributed by atoms with Crippen LogP contribution in [0.25, 0.3) is 11.1 Å². The third kappa shape index (κ3) is 3.60. The monoisotopic (exact) mass is 423 g/mol. The van der Waals surface area contributed by atoms with Crippen molar-refractivity contribution in [1.82, 2.24) is 14.9 Å². The number of carbonyl (C=O) groups is 1. The summed E-state index contributed by atoms with van der Waals surface area (Å²) in [4.78, 5) is 28.4. The van der Waals surface area contributed by atoms with Crippen molar-refractivity contribution in [2.75, 3.05) is 49.1 Å². The molecule has 0 aliphatic carbocycles. The molecular weight excluding hydrogens is 397 g/mol. The number of aryl methyl sites for hydroxylation is 1. The van der Waals surface area contributed by atoms with Gasteiger partial charge in [-0.3, -0.25) is 4.79 Å². The fourth-order valence-electron chi connectivity index (χ4n) is 4.65. The summed E-state index contributed by atoms with van der Waals surface area (Å²) in [5.74, 6) is 1.05. The summed E-state index contributed by atoms with van der Waals surface area (Å²) < 4.78 is 20.0. The molecule has 0 atom stereocenters. The number of rotatable bonds is 3. The zero-order valence-corrected chi connectivity index (χ0v) is 17.7. The van der Waals surface area contributed by atoms with Crippen molar-refractivity contribution in [3.63, 3.8) is 0 Å². The highest BCUT2D eigenvalue weighted by Gasteiger charge is 2.30. The Morgan fingerprint density at radius 2 is 1.71 bits per heavy atom. The number of anilines is 2. The second-order valence-corrected chi connectivity index (χ2v) is 8.19. The number of fused-ring (bicyclic) bond motifs is 1. The number of para-hydroxylation sites is 1. The van der Waals surface area contributed by atoms with Crippen LogP contribution < -0.4 is 9.80 Å². The van der Waals surface area contributed by atoms with E-state index >= 15 is 0 Å². The molecule has 0 bridgehead atoms. The lowest BCUT2D eigenvalue weighted by Gasteiger charge is -2.36. The maximum atomic E-state index is 14.1. The largest absolute Gasteiger partial charge is 0.442 e. The van der Waals surface area contributed by atoms with Gasteiger partial charge in [-0.05, 0) is 38.3 Å². The predicted molar refractivity (Wildman–Crippen MR) is 117 cm³/mol. The van der Waals surface area contributed by atoms with Gasteiger partial charge in [-0.2, -0.15) is 0 Å². The lowest BCUT2D eigenvalue weighted by atomic mass is 10.1. The molecule has 3 aromatic rings. The molecule has 0 radical (unpaired) electrons. The highest BCUT2D eigenvalue weighted by Crippen LogP contribution is 2.33. The molecule has 2 aliphatic heterocycles. The number of carbonyl (C=O) groups excluding carboxylic acids is 1. The van der Waals surface area contributed by atoms with Crippen molar-refractivity contribution in [1.29, 1.82) is 0 Å². The summed E-state index contributed by atoms with van der Waals surface area (Å²) in [6.07, 6.45) is 4.96. The Kier molecular flexibility index (Phi) is 5.21. The summed E-state index contributed by atoms with van der Waals surface area (Å²) in [6.45, 7) is 5.85. The van der Waals surface area contributed by atoms with E-state index in [1.165, 1.54) is 18.8 Å². The quantitative estimate of drug-likeness (QED) is 0.641. The SMILES string of the molecule is Cc1oc2ncnc(N3CCCCC3)c2c1C(=O)N1CCN(c2ccccc2F)CC1. The Labute approximate surface area is 180 Å². The molecule has 1 amide bonds. The molecule has 2 fully saturated rings. The van der Waals surface area contributed by atoms with Gasteiger partial charge in [-0.1, -0.05) is 12.1 Å². The van der Waals surface area contributed by atoms with Crippen LogP contribution in [0.2, 0.25) is 0 Å². The average molecular weight is 423 g/mol. The Hall–Kier alpha value is -3.16. The van der Waals surface area contributed by atoms with E-state index in [1.54, 1.807) is 12.1 Å². The number of furan rings is 1. The first-order valence-electron chi connectivity index (χ1n) is 10.9. The van der Waals surface area contributed by atoms with Gasteiger partial charge < -0.3 is 19.1 Å². The van der Waals surface area contributed by atoms with Crippen molar-refractivity contribution in [2.24, 2.45) is 0 Å². The van der Waals surface area contributed by atoms with Gasteiger partial charge in [-0.15, -0.1) is 0 Å². The van der Waals surface area contributed by atoms with Crippen LogP contribution in [0.15, 0.2) is 35.0 Å². The zero-order chi connectivity index (χ0) is 21.4. The van der Waals surface area contributed by atoms with Crippen LogP contribution in [0.3, 0.4) is 0 Å². The van der Waals surface area contributed by atoms with Crippen LogP contribution in [0.1, 0.15) is 35.4 Å². The van der Waals surface area contributed by atoms with E-state index in [0.717, 1.165) is 31.7 Å². The second kappa shape index (κ2) is 8.17. The van der Waals surface area contributed by atoms with Gasteiger partial charge in [0.2, 0.25) is 5.71 Å². The highest BCUT2D eigenvalue weighted by molar-refractivity contribution is 6.10. The Morgan fingerprint density at radius 1 is 0.968 bits per heavy atom. The molecule has 5 rings (SSSR count). The normalized spacial score (nSPS) is 17.4. The molecule has 4 heterocycles. The smallest absolute Gasteiger partial charge is 0.258 e. The van der Waals surface area contributed by atoms with Crippen LogP contribution >= 0.6 is 0 Å². The molecule has 0 saturated carbocycles. The van der Waals surface area contributed by atoms with Crippen molar-refractivity contribution in [2.45, 2.75) is 26.2 Å². The molecule has 162 valence electrons. The van der Waals surface area contributed by atoms with Crippen molar-refractivity contribution >= 4 is 28.5 Å². The van der Waals surface area contributed by atoms with E-state index < -0.39 is 0 Å². The van der Waals surface area contributed by atoms with E-state index in [2.05, 4.69) is 14.9 Å². The first-order chi connectivity index (χ1) is 15.1. The minimum absolute atomic E-state index is 0.0718. The number of piperidine rings is 1. The number of hydrogen-bond acceptors (Lipinski definition) is 6. The van der Waals surface area contributed by atoms with Crippen LogP contribution in [0.5, 0.6) is 0 Å². The molecule has 2 aliphatic rings. The van der Waals surface area contributed by atoms with Gasteiger partial charge in [0.15, 0.2) is 0 Å². The minimum Gasteiger partial charge on any atom is -0.442 e. The molecule has 2 aromatic heterocycles. The summed E-state index contributed by atoms with van der Waals surface area (Å²) in [7, 11) is 0.